The first kappa shape index (κ1) is 104. The normalized spacial score (nSPS) is 18.8. The second-order valence-electron chi connectivity index (χ2n) is 39.8. The van der Waals surface area contributed by atoms with Gasteiger partial charge in [-0.15, -0.1) is 0 Å². The molecule has 764 valence electrons. The number of likely N-dealkylation sites (N-methyl/N-ethyl adjacent to an activating group) is 2. The lowest BCUT2D eigenvalue weighted by Crippen LogP contribution is -2.59. The topological polar surface area (TPSA) is 267 Å². The van der Waals surface area contributed by atoms with Crippen LogP contribution < -0.4 is 34.2 Å². The van der Waals surface area contributed by atoms with E-state index in [-0.39, 0.29) is 88.1 Å². The number of benzene rings is 4. The average molecular weight is 1960 g/mol. The zero-order valence-electron chi connectivity index (χ0n) is 82.7. The van der Waals surface area contributed by atoms with Crippen molar-refractivity contribution in [2.24, 2.45) is 11.7 Å². The third-order valence-electron chi connectivity index (χ3n) is 29.3. The van der Waals surface area contributed by atoms with E-state index in [2.05, 4.69) is 39.3 Å². The van der Waals surface area contributed by atoms with Gasteiger partial charge in [0.05, 0.1) is 78.2 Å². The van der Waals surface area contributed by atoms with E-state index in [1.807, 2.05) is 88.4 Å². The summed E-state index contributed by atoms with van der Waals surface area (Å²) in [5, 5.41) is 9.87. The van der Waals surface area contributed by atoms with Crippen molar-refractivity contribution < 1.29 is 109 Å². The fraction of sp³-hybridized carbons (Fsp3) is 0.548. The number of fused-ring (bicyclic) bond motifs is 8. The van der Waals surface area contributed by atoms with Gasteiger partial charge in [0.1, 0.15) is 29.5 Å². The van der Waals surface area contributed by atoms with Gasteiger partial charge in [-0.05, 0) is 285 Å². The van der Waals surface area contributed by atoms with Crippen LogP contribution in [-0.4, -0.2) is 260 Å². The van der Waals surface area contributed by atoms with E-state index in [0.29, 0.717) is 185 Å². The summed E-state index contributed by atoms with van der Waals surface area (Å²) in [4.78, 5) is 105. The number of ether oxygens (including phenoxy) is 6. The van der Waals surface area contributed by atoms with Crippen LogP contribution in [0.4, 0.5) is 39.5 Å². The highest BCUT2D eigenvalue weighted by Gasteiger charge is 2.54. The molecule has 4 saturated heterocycles. The average Bonchev–Trinajstić information content (AvgIpc) is 1.55. The van der Waals surface area contributed by atoms with Gasteiger partial charge in [0.2, 0.25) is 5.91 Å². The van der Waals surface area contributed by atoms with Gasteiger partial charge in [-0.3, -0.25) is 53.2 Å². The highest BCUT2D eigenvalue weighted by Crippen LogP contribution is 2.51. The quantitative estimate of drug-likeness (QED) is 0.0471. The Morgan fingerprint density at radius 2 is 0.786 bits per heavy atom. The molecule has 8 aliphatic heterocycles. The number of aromatic nitrogens is 4. The molecular weight excluding hydrogens is 1830 g/mol. The molecule has 27 nitrogen and oxygen atoms in total. The number of nitrogens with zero attached hydrogens (tertiary/aromatic N) is 12. The Kier molecular flexibility index (Phi) is 31.1. The molecule has 0 radical (unpaired) electrons. The Labute approximate surface area is 814 Å². The number of hydrogen-bond acceptors (Lipinski definition) is 18. The van der Waals surface area contributed by atoms with Crippen molar-refractivity contribution in [3.8, 4) is 34.5 Å². The highest BCUT2D eigenvalue weighted by molar-refractivity contribution is 6.00. The maximum absolute atomic E-state index is 13.7. The van der Waals surface area contributed by atoms with Crippen LogP contribution in [0.15, 0.2) is 121 Å². The predicted molar refractivity (Wildman–Crippen MR) is 512 cm³/mol. The van der Waals surface area contributed by atoms with Crippen LogP contribution in [-0.2, 0) is 65.5 Å². The molecule has 140 heavy (non-hydrogen) atoms. The van der Waals surface area contributed by atoms with Crippen molar-refractivity contribution in [3.63, 3.8) is 0 Å². The number of aryl methyl sites for hydroxylation is 2. The number of amides is 5. The molecule has 0 bridgehead atoms. The molecule has 1 saturated carbocycles. The minimum atomic E-state index is -4.92. The lowest BCUT2D eigenvalue weighted by atomic mass is 9.80. The van der Waals surface area contributed by atoms with Gasteiger partial charge >= 0.3 is 18.5 Å². The molecule has 17 rings (SSSR count). The SMILES string of the molecule is CC[C@@H](C)Oc1ccc(C(=O)N2CCC3(CC2)c2ccc(C(C)=O)n2CCN3C)cc1OC.COc1cc(C(=O)N2CCC3(CC2)c2ccc(C(F)(F)F)n2CCN3CC2CC2)ccc1OC(C)C.Cc1cc(C(=O)N2CCC3(CC2)c2ccc(C(=O)C(F)(F)F)n2CCN3C)ccc1OCC(C)(C)O.Cc1cc(C(=O)N2CCC3(CC2)c2ccc(C(F)(F)F)n2CCN3CC(N)=O)ccc1OC(C)C.[HH].[HH]. The number of rotatable bonds is 22. The van der Waals surface area contributed by atoms with E-state index >= 15 is 0 Å². The van der Waals surface area contributed by atoms with Crippen LogP contribution in [0.25, 0.3) is 0 Å². The minimum absolute atomic E-state index is 0. The standard InChI is InChI=1S/C27H34F3N3O3.C26H32F3N3O4.C26H35N3O4.C25H31F3N4O3.2H2/c1-18(2)36-21-7-6-20(16-22(21)35-3)25(34)31-12-10-26(11-13-31)23-8-9-24(27(28,29)30)33(23)15-14-32(26)17-19-4-5-19;1-17-15-18(5-7-20(17)36-16-24(2,3)35)23(34)31-11-9-25(10-12-31)21-8-6-19(22(33)26(27,28)29)32(21)14-13-30(25)4;1-6-18(2)33-22-9-7-20(17-23(22)32-5)25(31)28-13-11-26(12-14-28)24-10-8-21(19(3)30)29(24)16-15-27(26)4;1-16(2)35-19-5-4-18(14-17(19)3)23(34)30-10-8-24(9-11-30)20-6-7-21(25(26,27)28)32(20)13-12-31(24)15-22(29)33;;/h6-9,16,18-19H,4-5,10-15,17H2,1-3H3;5-8,15,35H,9-14,16H2,1-4H3;7-10,17-18H,6,11-16H2,1-5H3;4-7,14,16H,8-13,15H2,1-3H3,(H2,29,33);2*1H/t;;18-;;;/m..1.../s1. The molecule has 1 atom stereocenters. The van der Waals surface area contributed by atoms with Crippen LogP contribution in [0.1, 0.15) is 243 Å². The summed E-state index contributed by atoms with van der Waals surface area (Å²) < 4.78 is 162. The Hall–Kier alpha value is -11.3. The lowest BCUT2D eigenvalue weighted by molar-refractivity contribution is -0.146. The predicted octanol–water partition coefficient (Wildman–Crippen LogP) is 16.9. The minimum Gasteiger partial charge on any atom is -0.493 e. The lowest BCUT2D eigenvalue weighted by Gasteiger charge is -2.52. The number of alkyl halides is 9. The van der Waals surface area contributed by atoms with Crippen molar-refractivity contribution >= 4 is 41.1 Å². The number of methoxy groups -OCH3 is 2. The third kappa shape index (κ3) is 22.0. The number of Topliss-reactive ketones (excluding diaryl/α,β-unsaturated/α-hetero) is 2. The van der Waals surface area contributed by atoms with Gasteiger partial charge in [0, 0.05) is 166 Å². The fourth-order valence-corrected chi connectivity index (χ4v) is 21.6. The molecule has 4 aromatic heterocycles. The highest BCUT2D eigenvalue weighted by atomic mass is 19.4. The number of aliphatic hydroxyl groups is 1. The molecule has 5 amide bonds. The second-order valence-corrected chi connectivity index (χ2v) is 39.8. The van der Waals surface area contributed by atoms with Crippen molar-refractivity contribution in [3.05, 3.63) is 200 Å². The van der Waals surface area contributed by atoms with Crippen molar-refractivity contribution in [1.29, 1.82) is 0 Å². The molecule has 3 N–H and O–H groups in total. The first-order valence-electron chi connectivity index (χ1n) is 48.5. The van der Waals surface area contributed by atoms with Gasteiger partial charge in [-0.1, -0.05) is 6.92 Å². The molecule has 8 aromatic rings. The summed E-state index contributed by atoms with van der Waals surface area (Å²) in [6.07, 6.45) is -5.64. The van der Waals surface area contributed by atoms with E-state index in [9.17, 15) is 78.2 Å². The first-order valence-corrected chi connectivity index (χ1v) is 48.5. The van der Waals surface area contributed by atoms with Crippen LogP contribution in [0, 0.1) is 19.8 Å². The van der Waals surface area contributed by atoms with Gasteiger partial charge in [0.25, 0.3) is 29.4 Å². The first-order chi connectivity index (χ1) is 66.1. The van der Waals surface area contributed by atoms with Gasteiger partial charge in [0.15, 0.2) is 28.8 Å². The summed E-state index contributed by atoms with van der Waals surface area (Å²) >= 11 is 0. The molecule has 36 heteroatoms. The molecule has 1 aliphatic carbocycles. The van der Waals surface area contributed by atoms with E-state index in [1.165, 1.54) is 50.4 Å². The number of primary amides is 1. The van der Waals surface area contributed by atoms with Crippen LogP contribution in [0.3, 0.4) is 0 Å². The van der Waals surface area contributed by atoms with E-state index in [0.717, 1.165) is 73.2 Å². The van der Waals surface area contributed by atoms with Crippen LogP contribution >= 0.6 is 0 Å². The molecule has 4 aromatic carbocycles. The summed E-state index contributed by atoms with van der Waals surface area (Å²) in [7, 11) is 7.24. The second kappa shape index (κ2) is 41.7. The van der Waals surface area contributed by atoms with E-state index in [4.69, 9.17) is 34.2 Å². The maximum Gasteiger partial charge on any atom is 0.456 e. The zero-order valence-corrected chi connectivity index (χ0v) is 82.7. The molecule has 12 heterocycles. The van der Waals surface area contributed by atoms with Crippen molar-refractivity contribution in [1.82, 2.24) is 57.5 Å². The number of hydrogen-bond donors (Lipinski definition) is 2. The third-order valence-corrected chi connectivity index (χ3v) is 29.3. The van der Waals surface area contributed by atoms with Crippen LogP contribution in [0.5, 0.6) is 34.5 Å². The fourth-order valence-electron chi connectivity index (χ4n) is 21.6. The molecule has 9 aliphatic rings. The molecule has 5 fully saturated rings. The van der Waals surface area contributed by atoms with Gasteiger partial charge in [-0.25, -0.2) is 0 Å². The Bertz CT molecular complexity index is 5840. The number of ketones is 2. The van der Waals surface area contributed by atoms with Crippen molar-refractivity contribution in [2.45, 2.75) is 238 Å². The van der Waals surface area contributed by atoms with Gasteiger partial charge < -0.3 is 77.1 Å². The Balaban J connectivity index is 0.000000168. The number of nitrogens with two attached hydrogens (primary N) is 1. The number of piperidine rings is 4. The van der Waals surface area contributed by atoms with Gasteiger partial charge in [-0.2, -0.15) is 39.5 Å². The smallest absolute Gasteiger partial charge is 0.456 e. The number of halogens is 9. The number of carbonyl (C=O) groups excluding carboxylic acids is 7. The number of likely N-dealkylation sites (tertiary alicyclic amines) is 4. The van der Waals surface area contributed by atoms with Crippen LogP contribution in [0.2, 0.25) is 0 Å². The monoisotopic (exact) mass is 1960 g/mol. The maximum atomic E-state index is 13.7. The molecule has 0 unspecified atom stereocenters. The number of carbonyl (C=O) groups is 7. The Morgan fingerprint density at radius 3 is 1.16 bits per heavy atom. The molecule has 4 spiro atoms. The van der Waals surface area contributed by atoms with E-state index < -0.39 is 63.8 Å². The largest absolute Gasteiger partial charge is 0.493 e. The Morgan fingerprint density at radius 1 is 0.436 bits per heavy atom. The molecular formula is C104H136F9N13O14. The summed E-state index contributed by atoms with van der Waals surface area (Å²) in [5.74, 6) is 1.67. The summed E-state index contributed by atoms with van der Waals surface area (Å²) in [6.45, 7) is 29.2. The van der Waals surface area contributed by atoms with Crippen molar-refractivity contribution in [2.75, 3.05) is 127 Å². The summed E-state index contributed by atoms with van der Waals surface area (Å²) in [6, 6.07) is 33.6. The zero-order chi connectivity index (χ0) is 101. The summed E-state index contributed by atoms with van der Waals surface area (Å²) in [5.41, 5.74) is 8.72. The van der Waals surface area contributed by atoms with E-state index in [1.54, 1.807) is 118 Å².